The molecule has 0 aliphatic heterocycles. The molecule has 2 rings (SSSR count). The third-order valence-electron chi connectivity index (χ3n) is 2.19. The largest absolute Gasteiger partial charge is 0.350 e. The van der Waals surface area contributed by atoms with Crippen LogP contribution in [0, 0.1) is 0 Å². The highest BCUT2D eigenvalue weighted by atomic mass is 32.1. The van der Waals surface area contributed by atoms with E-state index < -0.39 is 0 Å². The number of hydrogen-bond donors (Lipinski definition) is 2. The van der Waals surface area contributed by atoms with Crippen LogP contribution in [-0.4, -0.2) is 30.0 Å². The van der Waals surface area contributed by atoms with Gasteiger partial charge in [-0.3, -0.25) is 0 Å². The lowest BCUT2D eigenvalue weighted by molar-refractivity contribution is 0.555. The Morgan fingerprint density at radius 2 is 2.12 bits per heavy atom. The van der Waals surface area contributed by atoms with E-state index in [1.807, 2.05) is 6.92 Å². The predicted octanol–water partition coefficient (Wildman–Crippen LogP) is 1.52. The Morgan fingerprint density at radius 1 is 1.35 bits per heavy atom. The number of nitrogens with zero attached hydrogens (tertiary/aromatic N) is 5. The van der Waals surface area contributed by atoms with Crippen molar-refractivity contribution in [3.63, 3.8) is 0 Å². The molecule has 0 spiro atoms. The van der Waals surface area contributed by atoms with Crippen molar-refractivity contribution >= 4 is 16.7 Å². The molecule has 92 valence electrons. The van der Waals surface area contributed by atoms with Crippen molar-refractivity contribution in [2.75, 3.05) is 5.32 Å². The van der Waals surface area contributed by atoms with Crippen molar-refractivity contribution in [2.45, 2.75) is 39.2 Å². The second kappa shape index (κ2) is 4.36. The molecule has 0 aliphatic rings. The van der Waals surface area contributed by atoms with E-state index in [0.29, 0.717) is 5.82 Å². The molecule has 0 saturated heterocycles. The van der Waals surface area contributed by atoms with Crippen molar-refractivity contribution in [2.24, 2.45) is 0 Å². The van der Waals surface area contributed by atoms with Crippen LogP contribution in [0.1, 0.15) is 45.4 Å². The number of rotatable bonds is 3. The topological polar surface area (TPSA) is 92.3 Å². The third-order valence-corrected chi connectivity index (χ3v) is 2.83. The second-order valence-corrected chi connectivity index (χ2v) is 5.56. The lowest BCUT2D eigenvalue weighted by atomic mass is 9.96. The zero-order valence-corrected chi connectivity index (χ0v) is 11.0. The van der Waals surface area contributed by atoms with Gasteiger partial charge in [0, 0.05) is 16.9 Å². The zero-order chi connectivity index (χ0) is 12.5. The minimum atomic E-state index is -0.0467. The molecule has 0 aromatic carbocycles. The van der Waals surface area contributed by atoms with Crippen LogP contribution in [-0.2, 0) is 5.41 Å². The van der Waals surface area contributed by atoms with E-state index in [1.165, 1.54) is 11.5 Å². The summed E-state index contributed by atoms with van der Waals surface area (Å²) in [7, 11) is 0. The Morgan fingerprint density at radius 3 is 2.65 bits per heavy atom. The maximum atomic E-state index is 4.44. The van der Waals surface area contributed by atoms with Gasteiger partial charge in [-0.15, -0.1) is 10.2 Å². The van der Waals surface area contributed by atoms with Crippen LogP contribution >= 0.6 is 11.5 Å². The average molecular weight is 253 g/mol. The van der Waals surface area contributed by atoms with Gasteiger partial charge >= 0.3 is 0 Å². The van der Waals surface area contributed by atoms with Gasteiger partial charge in [0.2, 0.25) is 5.13 Å². The summed E-state index contributed by atoms with van der Waals surface area (Å²) in [6.07, 6.45) is 0. The van der Waals surface area contributed by atoms with Crippen LogP contribution in [0.25, 0.3) is 0 Å². The Balaban J connectivity index is 2.07. The van der Waals surface area contributed by atoms with Crippen LogP contribution in [0.2, 0.25) is 0 Å². The van der Waals surface area contributed by atoms with Crippen LogP contribution in [0.3, 0.4) is 0 Å². The van der Waals surface area contributed by atoms with Crippen LogP contribution in [0.15, 0.2) is 0 Å². The summed E-state index contributed by atoms with van der Waals surface area (Å²) in [6.45, 7) is 8.20. The monoisotopic (exact) mass is 253 g/mol. The highest BCUT2D eigenvalue weighted by molar-refractivity contribution is 7.09. The van der Waals surface area contributed by atoms with Crippen molar-refractivity contribution in [3.8, 4) is 0 Å². The summed E-state index contributed by atoms with van der Waals surface area (Å²) < 4.78 is 4.33. The fourth-order valence-electron chi connectivity index (χ4n) is 1.19. The Labute approximate surface area is 103 Å². The molecule has 17 heavy (non-hydrogen) atoms. The van der Waals surface area contributed by atoms with Crippen LogP contribution in [0.4, 0.5) is 5.13 Å². The first kappa shape index (κ1) is 11.9. The molecule has 2 N–H and O–H groups in total. The maximum absolute atomic E-state index is 4.44. The lowest BCUT2D eigenvalue weighted by Gasteiger charge is -2.12. The highest BCUT2D eigenvalue weighted by Crippen LogP contribution is 2.24. The van der Waals surface area contributed by atoms with Gasteiger partial charge < -0.3 is 5.32 Å². The molecule has 8 heteroatoms. The normalized spacial score (nSPS) is 13.6. The first-order chi connectivity index (χ1) is 7.97. The van der Waals surface area contributed by atoms with E-state index in [4.69, 9.17) is 0 Å². The van der Waals surface area contributed by atoms with Crippen LogP contribution in [0.5, 0.6) is 0 Å². The van der Waals surface area contributed by atoms with Gasteiger partial charge in [0.05, 0.1) is 6.04 Å². The van der Waals surface area contributed by atoms with Crippen molar-refractivity contribution in [1.29, 1.82) is 0 Å². The summed E-state index contributed by atoms with van der Waals surface area (Å²) in [6, 6.07) is -0.0467. The van der Waals surface area contributed by atoms with E-state index in [0.717, 1.165) is 11.0 Å². The number of H-pyrrole nitrogens is 1. The van der Waals surface area contributed by atoms with E-state index >= 15 is 0 Å². The van der Waals surface area contributed by atoms with E-state index in [9.17, 15) is 0 Å². The molecule has 0 aliphatic carbocycles. The molecule has 2 aromatic heterocycles. The van der Waals surface area contributed by atoms with Gasteiger partial charge in [0.25, 0.3) is 0 Å². The van der Waals surface area contributed by atoms with Gasteiger partial charge in [-0.1, -0.05) is 26.0 Å². The SMILES string of the molecule is CC(Nc1nc(C(C)(C)C)ns1)c1nn[nH]n1. The molecule has 0 saturated carbocycles. The van der Waals surface area contributed by atoms with Crippen molar-refractivity contribution < 1.29 is 0 Å². The number of hydrogen-bond acceptors (Lipinski definition) is 7. The van der Waals surface area contributed by atoms with Crippen molar-refractivity contribution in [1.82, 2.24) is 30.0 Å². The van der Waals surface area contributed by atoms with Gasteiger partial charge in [-0.05, 0) is 6.92 Å². The van der Waals surface area contributed by atoms with Gasteiger partial charge in [0.15, 0.2) is 5.82 Å². The second-order valence-electron chi connectivity index (χ2n) is 4.81. The average Bonchev–Trinajstić information content (AvgIpc) is 2.85. The first-order valence-corrected chi connectivity index (χ1v) is 6.08. The molecular weight excluding hydrogens is 238 g/mol. The molecule has 7 nitrogen and oxygen atoms in total. The maximum Gasteiger partial charge on any atom is 0.203 e. The summed E-state index contributed by atoms with van der Waals surface area (Å²) >= 11 is 1.34. The molecule has 2 aromatic rings. The fourth-order valence-corrected chi connectivity index (χ4v) is 2.03. The fraction of sp³-hybridized carbons (Fsp3) is 0.667. The van der Waals surface area contributed by atoms with E-state index in [-0.39, 0.29) is 11.5 Å². The summed E-state index contributed by atoms with van der Waals surface area (Å²) in [5.41, 5.74) is -0.0359. The summed E-state index contributed by atoms with van der Waals surface area (Å²) in [5, 5.41) is 17.7. The molecule has 1 atom stereocenters. The Kier molecular flexibility index (Phi) is 3.05. The van der Waals surface area contributed by atoms with E-state index in [1.54, 1.807) is 0 Å². The number of anilines is 1. The number of aromatic amines is 1. The van der Waals surface area contributed by atoms with Crippen molar-refractivity contribution in [3.05, 3.63) is 11.6 Å². The molecule has 0 radical (unpaired) electrons. The molecule has 0 bridgehead atoms. The smallest absolute Gasteiger partial charge is 0.203 e. The highest BCUT2D eigenvalue weighted by Gasteiger charge is 2.20. The molecular formula is C9H15N7S. The van der Waals surface area contributed by atoms with Gasteiger partial charge in [-0.25, -0.2) is 4.98 Å². The number of nitrogens with one attached hydrogen (secondary N) is 2. The number of tetrazole rings is 1. The minimum absolute atomic E-state index is 0.0359. The van der Waals surface area contributed by atoms with Gasteiger partial charge in [0.1, 0.15) is 5.82 Å². The molecule has 0 amide bonds. The summed E-state index contributed by atoms with van der Waals surface area (Å²) in [5.74, 6) is 1.45. The zero-order valence-electron chi connectivity index (χ0n) is 10.2. The standard InChI is InChI=1S/C9H15N7S/c1-5(6-12-15-16-13-6)10-8-11-7(14-17-8)9(2,3)4/h5H,1-4H3,(H,10,11,14)(H,12,13,15,16). The molecule has 1 unspecified atom stereocenters. The van der Waals surface area contributed by atoms with E-state index in [2.05, 4.69) is 56.1 Å². The van der Waals surface area contributed by atoms with Gasteiger partial charge in [-0.2, -0.15) is 9.59 Å². The Bertz CT molecular complexity index is 470. The quantitative estimate of drug-likeness (QED) is 0.861. The molecule has 0 fully saturated rings. The summed E-state index contributed by atoms with van der Waals surface area (Å²) in [4.78, 5) is 4.44. The number of aromatic nitrogens is 6. The third kappa shape index (κ3) is 2.76. The predicted molar refractivity (Wildman–Crippen MR) is 64.8 cm³/mol. The first-order valence-electron chi connectivity index (χ1n) is 5.31. The molecule has 2 heterocycles. The Hall–Kier alpha value is -1.57. The minimum Gasteiger partial charge on any atom is -0.350 e. The lowest BCUT2D eigenvalue weighted by Crippen LogP contribution is -2.14. The van der Waals surface area contributed by atoms with Crippen LogP contribution < -0.4 is 5.32 Å².